The lowest BCUT2D eigenvalue weighted by atomic mass is 10.2. The lowest BCUT2D eigenvalue weighted by Gasteiger charge is -2.14. The van der Waals surface area contributed by atoms with E-state index in [1.807, 2.05) is 19.1 Å². The molecule has 3 aromatic carbocycles. The predicted molar refractivity (Wildman–Crippen MR) is 122 cm³/mol. The second-order valence-electron chi connectivity index (χ2n) is 7.22. The van der Waals surface area contributed by atoms with Crippen LogP contribution in [0.2, 0.25) is 0 Å². The van der Waals surface area contributed by atoms with Crippen molar-refractivity contribution in [2.75, 3.05) is 5.32 Å². The third kappa shape index (κ3) is 6.17. The van der Waals surface area contributed by atoms with E-state index in [4.69, 9.17) is 8.92 Å². The Hall–Kier alpha value is -4.25. The number of nitrogens with one attached hydrogen (secondary N) is 1. The maximum atomic E-state index is 12.4. The lowest BCUT2D eigenvalue weighted by molar-refractivity contribution is -0.385. The maximum Gasteiger partial charge on any atom is 0.339 e. The molecule has 3 rings (SSSR count). The molecule has 0 radical (unpaired) electrons. The van der Waals surface area contributed by atoms with Crippen LogP contribution in [0, 0.1) is 17.0 Å². The zero-order valence-electron chi connectivity index (χ0n) is 18.1. The van der Waals surface area contributed by atoms with Gasteiger partial charge in [0.2, 0.25) is 0 Å². The predicted octanol–water partition coefficient (Wildman–Crippen LogP) is 3.85. The van der Waals surface area contributed by atoms with Gasteiger partial charge in [0, 0.05) is 17.8 Å². The van der Waals surface area contributed by atoms with Crippen molar-refractivity contribution in [3.63, 3.8) is 0 Å². The minimum Gasteiger partial charge on any atom is -0.449 e. The van der Waals surface area contributed by atoms with Gasteiger partial charge < -0.3 is 14.2 Å². The van der Waals surface area contributed by atoms with Crippen molar-refractivity contribution in [3.05, 3.63) is 94.0 Å². The number of hydrogen-bond donors (Lipinski definition) is 1. The maximum absolute atomic E-state index is 12.4. The molecule has 0 saturated carbocycles. The number of rotatable bonds is 8. The van der Waals surface area contributed by atoms with Gasteiger partial charge in [-0.05, 0) is 56.3 Å². The smallest absolute Gasteiger partial charge is 0.339 e. The summed E-state index contributed by atoms with van der Waals surface area (Å²) >= 11 is 0. The van der Waals surface area contributed by atoms with Crippen LogP contribution in [-0.2, 0) is 19.6 Å². The summed E-state index contributed by atoms with van der Waals surface area (Å²) < 4.78 is 35.0. The van der Waals surface area contributed by atoms with Crippen LogP contribution in [-0.4, -0.2) is 31.3 Å². The normalized spacial score (nSPS) is 11.8. The summed E-state index contributed by atoms with van der Waals surface area (Å²) in [7, 11) is -4.34. The number of amides is 1. The van der Waals surface area contributed by atoms with Crippen molar-refractivity contribution in [1.82, 2.24) is 0 Å². The van der Waals surface area contributed by atoms with E-state index in [9.17, 15) is 28.1 Å². The fourth-order valence-corrected chi connectivity index (χ4v) is 3.71. The molecule has 11 heteroatoms. The molecule has 1 N–H and O–H groups in total. The number of esters is 1. The molecule has 1 amide bonds. The number of carbonyl (C=O) groups excluding carboxylic acids is 2. The number of non-ortho nitro benzene ring substituents is 1. The van der Waals surface area contributed by atoms with Crippen molar-refractivity contribution < 1.29 is 31.9 Å². The Kier molecular flexibility index (Phi) is 7.27. The first-order valence-electron chi connectivity index (χ1n) is 9.93. The van der Waals surface area contributed by atoms with E-state index in [2.05, 4.69) is 5.32 Å². The summed E-state index contributed by atoms with van der Waals surface area (Å²) in [6.45, 7) is 3.33. The van der Waals surface area contributed by atoms with E-state index in [1.165, 1.54) is 37.3 Å². The van der Waals surface area contributed by atoms with Crippen LogP contribution in [0.15, 0.2) is 77.7 Å². The monoisotopic (exact) mass is 484 g/mol. The molecule has 10 nitrogen and oxygen atoms in total. The van der Waals surface area contributed by atoms with Gasteiger partial charge in [-0.2, -0.15) is 8.42 Å². The highest BCUT2D eigenvalue weighted by molar-refractivity contribution is 7.87. The van der Waals surface area contributed by atoms with Gasteiger partial charge in [-0.15, -0.1) is 0 Å². The van der Waals surface area contributed by atoms with Crippen LogP contribution in [0.5, 0.6) is 5.75 Å². The van der Waals surface area contributed by atoms with Crippen LogP contribution in [0.25, 0.3) is 0 Å². The molecule has 0 saturated heterocycles. The molecule has 0 aliphatic rings. The van der Waals surface area contributed by atoms with E-state index in [0.717, 1.165) is 23.8 Å². The summed E-state index contributed by atoms with van der Waals surface area (Å²) in [5, 5.41) is 13.5. The third-order valence-electron chi connectivity index (χ3n) is 4.59. The average molecular weight is 484 g/mol. The van der Waals surface area contributed by atoms with E-state index >= 15 is 0 Å². The fraction of sp³-hybridized carbons (Fsp3) is 0.130. The largest absolute Gasteiger partial charge is 0.449 e. The van der Waals surface area contributed by atoms with Crippen LogP contribution in [0.1, 0.15) is 22.8 Å². The van der Waals surface area contributed by atoms with Crippen LogP contribution >= 0.6 is 0 Å². The molecule has 0 aromatic heterocycles. The van der Waals surface area contributed by atoms with Crippen LogP contribution < -0.4 is 9.50 Å². The Morgan fingerprint density at radius 3 is 2.26 bits per heavy atom. The van der Waals surface area contributed by atoms with Crippen LogP contribution in [0.3, 0.4) is 0 Å². The van der Waals surface area contributed by atoms with Crippen molar-refractivity contribution in [1.29, 1.82) is 0 Å². The molecule has 0 fully saturated rings. The molecule has 176 valence electrons. The number of hydrogen-bond acceptors (Lipinski definition) is 8. The standard InChI is InChI=1S/C23H20N2O8S/c1-15-6-10-18(11-7-15)24-22(26)16(2)32-23(27)17-8-12-20(13-9-17)33-34(30,31)21-5-3-4-19(14-21)25(28)29/h3-14,16H,1-2H3,(H,24,26)/t16-/m0/s1. The first-order valence-corrected chi connectivity index (χ1v) is 11.3. The Morgan fingerprint density at radius 1 is 1.00 bits per heavy atom. The molecule has 34 heavy (non-hydrogen) atoms. The molecular weight excluding hydrogens is 464 g/mol. The van der Waals surface area contributed by atoms with Gasteiger partial charge in [0.1, 0.15) is 10.6 Å². The van der Waals surface area contributed by atoms with Crippen molar-refractivity contribution in [2.45, 2.75) is 24.8 Å². The summed E-state index contributed by atoms with van der Waals surface area (Å²) in [6.07, 6.45) is -1.08. The Morgan fingerprint density at radius 2 is 1.65 bits per heavy atom. The Labute approximate surface area is 195 Å². The highest BCUT2D eigenvalue weighted by Crippen LogP contribution is 2.22. The molecule has 0 aliphatic heterocycles. The first kappa shape index (κ1) is 24.4. The van der Waals surface area contributed by atoms with Gasteiger partial charge in [0.25, 0.3) is 11.6 Å². The van der Waals surface area contributed by atoms with Gasteiger partial charge >= 0.3 is 16.1 Å². The van der Waals surface area contributed by atoms with Gasteiger partial charge in [-0.1, -0.05) is 23.8 Å². The van der Waals surface area contributed by atoms with E-state index in [0.29, 0.717) is 5.69 Å². The number of nitrogens with zero attached hydrogens (tertiary/aromatic N) is 1. The molecule has 1 atom stereocenters. The third-order valence-corrected chi connectivity index (χ3v) is 5.83. The van der Waals surface area contributed by atoms with Crippen molar-refractivity contribution >= 4 is 33.4 Å². The number of aryl methyl sites for hydroxylation is 1. The highest BCUT2D eigenvalue weighted by atomic mass is 32.2. The Balaban J connectivity index is 1.62. The number of ether oxygens (including phenoxy) is 1. The SMILES string of the molecule is Cc1ccc(NC(=O)[C@H](C)OC(=O)c2ccc(OS(=O)(=O)c3cccc([N+](=O)[O-])c3)cc2)cc1. The number of nitro benzene ring substituents is 1. The summed E-state index contributed by atoms with van der Waals surface area (Å²) in [5.74, 6) is -1.42. The fourth-order valence-electron chi connectivity index (χ4n) is 2.74. The first-order chi connectivity index (χ1) is 16.0. The number of nitro groups is 1. The summed E-state index contributed by atoms with van der Waals surface area (Å²) in [5.41, 5.74) is 1.26. The zero-order chi connectivity index (χ0) is 24.9. The van der Waals surface area contributed by atoms with Crippen molar-refractivity contribution in [2.24, 2.45) is 0 Å². The van der Waals surface area contributed by atoms with E-state index < -0.39 is 43.6 Å². The number of anilines is 1. The molecule has 0 unspecified atom stereocenters. The van der Waals surface area contributed by atoms with Crippen molar-refractivity contribution in [3.8, 4) is 5.75 Å². The molecule has 0 spiro atoms. The van der Waals surface area contributed by atoms with Gasteiger partial charge in [-0.3, -0.25) is 14.9 Å². The minimum absolute atomic E-state index is 0.0649. The second kappa shape index (κ2) is 10.1. The minimum atomic E-state index is -4.34. The number of benzene rings is 3. The Bertz CT molecular complexity index is 1320. The second-order valence-corrected chi connectivity index (χ2v) is 8.77. The van der Waals surface area contributed by atoms with E-state index in [1.54, 1.807) is 12.1 Å². The van der Waals surface area contributed by atoms with Gasteiger partial charge in [-0.25, -0.2) is 4.79 Å². The number of carbonyl (C=O) groups is 2. The van der Waals surface area contributed by atoms with E-state index in [-0.39, 0.29) is 11.3 Å². The quantitative estimate of drug-likeness (QED) is 0.220. The average Bonchev–Trinajstić information content (AvgIpc) is 2.80. The molecule has 0 aliphatic carbocycles. The lowest BCUT2D eigenvalue weighted by Crippen LogP contribution is -2.30. The molecule has 0 heterocycles. The topological polar surface area (TPSA) is 142 Å². The van der Waals surface area contributed by atoms with Gasteiger partial charge in [0.05, 0.1) is 10.5 Å². The van der Waals surface area contributed by atoms with Gasteiger partial charge in [0.15, 0.2) is 6.10 Å². The van der Waals surface area contributed by atoms with Crippen LogP contribution in [0.4, 0.5) is 11.4 Å². The summed E-state index contributed by atoms with van der Waals surface area (Å²) in [6, 6.07) is 16.5. The zero-order valence-corrected chi connectivity index (χ0v) is 18.9. The summed E-state index contributed by atoms with van der Waals surface area (Å²) in [4.78, 5) is 34.4. The molecular formula is C23H20N2O8S. The molecule has 0 bridgehead atoms. The highest BCUT2D eigenvalue weighted by Gasteiger charge is 2.22. The molecule has 3 aromatic rings.